The molecule has 0 spiro atoms. The first-order valence-corrected chi connectivity index (χ1v) is 7.10. The van der Waals surface area contributed by atoms with Crippen LogP contribution in [0.5, 0.6) is 0 Å². The Morgan fingerprint density at radius 3 is 2.55 bits per heavy atom. The lowest BCUT2D eigenvalue weighted by Crippen LogP contribution is -1.96. The third-order valence-corrected chi connectivity index (χ3v) is 3.36. The molecule has 1 N–H and O–H groups in total. The molecule has 2 aromatic carbocycles. The van der Waals surface area contributed by atoms with Crippen LogP contribution in [0.2, 0.25) is 0 Å². The molecule has 0 saturated carbocycles. The van der Waals surface area contributed by atoms with Gasteiger partial charge in [0, 0.05) is 11.0 Å². The van der Waals surface area contributed by atoms with Crippen molar-refractivity contribution in [1.29, 1.82) is 0 Å². The molecule has 0 aliphatic carbocycles. The number of hydrogen-bond donors (Lipinski definition) is 1. The number of anilines is 1. The van der Waals surface area contributed by atoms with Gasteiger partial charge in [-0.05, 0) is 30.0 Å². The molecule has 0 heterocycles. The van der Waals surface area contributed by atoms with Crippen molar-refractivity contribution in [3.63, 3.8) is 0 Å². The summed E-state index contributed by atoms with van der Waals surface area (Å²) in [5.41, 5.74) is 3.99. The van der Waals surface area contributed by atoms with Crippen molar-refractivity contribution in [2.24, 2.45) is 5.10 Å². The SMILES string of the molecule is CSc1ccc(/C=N/Nc2ccccc2[N+](=O)[O-])cc1. The van der Waals surface area contributed by atoms with Crippen molar-refractivity contribution in [2.75, 3.05) is 11.7 Å². The quantitative estimate of drug-likeness (QED) is 0.393. The summed E-state index contributed by atoms with van der Waals surface area (Å²) in [5, 5.41) is 14.9. The van der Waals surface area contributed by atoms with Crippen LogP contribution in [-0.4, -0.2) is 17.4 Å². The lowest BCUT2D eigenvalue weighted by atomic mass is 10.2. The number of rotatable bonds is 5. The van der Waals surface area contributed by atoms with E-state index in [-0.39, 0.29) is 5.69 Å². The summed E-state index contributed by atoms with van der Waals surface area (Å²) in [5.74, 6) is 0. The molecular formula is C14H13N3O2S. The first-order chi connectivity index (χ1) is 9.70. The van der Waals surface area contributed by atoms with Crippen LogP contribution in [0.15, 0.2) is 58.5 Å². The van der Waals surface area contributed by atoms with E-state index in [0.29, 0.717) is 5.69 Å². The molecule has 102 valence electrons. The fourth-order valence-electron chi connectivity index (χ4n) is 1.59. The normalized spacial score (nSPS) is 10.7. The molecule has 2 rings (SSSR count). The Labute approximate surface area is 120 Å². The maximum atomic E-state index is 10.8. The fourth-order valence-corrected chi connectivity index (χ4v) is 2.00. The zero-order valence-electron chi connectivity index (χ0n) is 10.8. The highest BCUT2D eigenvalue weighted by molar-refractivity contribution is 7.98. The van der Waals surface area contributed by atoms with Crippen molar-refractivity contribution >= 4 is 29.4 Å². The van der Waals surface area contributed by atoms with E-state index < -0.39 is 4.92 Å². The zero-order valence-corrected chi connectivity index (χ0v) is 11.6. The van der Waals surface area contributed by atoms with Gasteiger partial charge in [-0.1, -0.05) is 24.3 Å². The van der Waals surface area contributed by atoms with Crippen LogP contribution >= 0.6 is 11.8 Å². The molecule has 0 saturated heterocycles. The third kappa shape index (κ3) is 3.58. The third-order valence-electron chi connectivity index (χ3n) is 2.62. The van der Waals surface area contributed by atoms with Gasteiger partial charge < -0.3 is 0 Å². The number of para-hydroxylation sites is 2. The Morgan fingerprint density at radius 2 is 1.90 bits per heavy atom. The second-order valence-corrected chi connectivity index (χ2v) is 4.80. The first kappa shape index (κ1) is 14.1. The van der Waals surface area contributed by atoms with Gasteiger partial charge in [0.1, 0.15) is 5.69 Å². The molecule has 0 amide bonds. The van der Waals surface area contributed by atoms with Crippen LogP contribution in [0.1, 0.15) is 5.56 Å². The average molecular weight is 287 g/mol. The number of benzene rings is 2. The highest BCUT2D eigenvalue weighted by atomic mass is 32.2. The minimum absolute atomic E-state index is 0.00220. The molecular weight excluding hydrogens is 274 g/mol. The highest BCUT2D eigenvalue weighted by Crippen LogP contribution is 2.22. The second-order valence-electron chi connectivity index (χ2n) is 3.92. The largest absolute Gasteiger partial charge is 0.294 e. The maximum Gasteiger partial charge on any atom is 0.294 e. The van der Waals surface area contributed by atoms with Gasteiger partial charge in [0.15, 0.2) is 0 Å². The average Bonchev–Trinajstić information content (AvgIpc) is 2.48. The van der Waals surface area contributed by atoms with Crippen LogP contribution in [0, 0.1) is 10.1 Å². The molecule has 0 atom stereocenters. The van der Waals surface area contributed by atoms with Crippen molar-refractivity contribution < 1.29 is 4.92 Å². The number of hydrazone groups is 1. The molecule has 5 nitrogen and oxygen atoms in total. The Bertz CT molecular complexity index is 627. The number of hydrogen-bond acceptors (Lipinski definition) is 5. The second kappa shape index (κ2) is 6.72. The summed E-state index contributed by atoms with van der Waals surface area (Å²) >= 11 is 1.67. The van der Waals surface area contributed by atoms with Crippen LogP contribution in [-0.2, 0) is 0 Å². The molecule has 6 heteroatoms. The van der Waals surface area contributed by atoms with Crippen LogP contribution in [0.4, 0.5) is 11.4 Å². The van der Waals surface area contributed by atoms with Crippen molar-refractivity contribution in [3.05, 3.63) is 64.2 Å². The maximum absolute atomic E-state index is 10.8. The number of nitrogens with one attached hydrogen (secondary N) is 1. The van der Waals surface area contributed by atoms with E-state index in [1.54, 1.807) is 36.2 Å². The van der Waals surface area contributed by atoms with Crippen LogP contribution < -0.4 is 5.43 Å². The van der Waals surface area contributed by atoms with E-state index in [1.165, 1.54) is 11.0 Å². The summed E-state index contributed by atoms with van der Waals surface area (Å²) in [7, 11) is 0. The molecule has 20 heavy (non-hydrogen) atoms. The molecule has 0 fully saturated rings. The molecule has 0 aliphatic rings. The smallest absolute Gasteiger partial charge is 0.272 e. The van der Waals surface area contributed by atoms with E-state index in [4.69, 9.17) is 0 Å². The van der Waals surface area contributed by atoms with Gasteiger partial charge >= 0.3 is 0 Å². The van der Waals surface area contributed by atoms with E-state index in [0.717, 1.165) is 5.56 Å². The summed E-state index contributed by atoms with van der Waals surface area (Å²) in [6, 6.07) is 14.3. The molecule has 2 aromatic rings. The first-order valence-electron chi connectivity index (χ1n) is 5.87. The number of nitro benzene ring substituents is 1. The summed E-state index contributed by atoms with van der Waals surface area (Å²) in [4.78, 5) is 11.6. The standard InChI is InChI=1S/C14H13N3O2S/c1-20-12-8-6-11(7-9-12)10-15-16-13-4-2-3-5-14(13)17(18)19/h2-10,16H,1H3/b15-10+. The zero-order chi connectivity index (χ0) is 14.4. The van der Waals surface area contributed by atoms with E-state index in [2.05, 4.69) is 10.5 Å². The topological polar surface area (TPSA) is 67.5 Å². The van der Waals surface area contributed by atoms with Crippen LogP contribution in [0.3, 0.4) is 0 Å². The van der Waals surface area contributed by atoms with Gasteiger partial charge in [-0.2, -0.15) is 5.10 Å². The molecule has 0 bridgehead atoms. The van der Waals surface area contributed by atoms with Gasteiger partial charge in [-0.3, -0.25) is 15.5 Å². The van der Waals surface area contributed by atoms with Gasteiger partial charge in [0.2, 0.25) is 0 Å². The lowest BCUT2D eigenvalue weighted by molar-refractivity contribution is -0.384. The highest BCUT2D eigenvalue weighted by Gasteiger charge is 2.10. The van der Waals surface area contributed by atoms with Gasteiger partial charge in [0.05, 0.1) is 11.1 Å². The fraction of sp³-hybridized carbons (Fsp3) is 0.0714. The predicted molar refractivity (Wildman–Crippen MR) is 82.5 cm³/mol. The Hall–Kier alpha value is -2.34. The molecule has 0 radical (unpaired) electrons. The van der Waals surface area contributed by atoms with E-state index in [9.17, 15) is 10.1 Å². The Kier molecular flexibility index (Phi) is 4.73. The Morgan fingerprint density at radius 1 is 1.20 bits per heavy atom. The minimum Gasteiger partial charge on any atom is -0.272 e. The Balaban J connectivity index is 2.08. The van der Waals surface area contributed by atoms with Crippen LogP contribution in [0.25, 0.3) is 0 Å². The van der Waals surface area contributed by atoms with Gasteiger partial charge in [-0.15, -0.1) is 11.8 Å². The van der Waals surface area contributed by atoms with E-state index in [1.807, 2.05) is 30.5 Å². The number of nitro groups is 1. The van der Waals surface area contributed by atoms with Gasteiger partial charge in [0.25, 0.3) is 5.69 Å². The van der Waals surface area contributed by atoms with Gasteiger partial charge in [-0.25, -0.2) is 0 Å². The van der Waals surface area contributed by atoms with E-state index >= 15 is 0 Å². The summed E-state index contributed by atoms with van der Waals surface area (Å²) < 4.78 is 0. The molecule has 0 unspecified atom stereocenters. The summed E-state index contributed by atoms with van der Waals surface area (Å²) in [6.07, 6.45) is 3.64. The van der Waals surface area contributed by atoms with Crippen molar-refractivity contribution in [3.8, 4) is 0 Å². The van der Waals surface area contributed by atoms with Crippen molar-refractivity contribution in [2.45, 2.75) is 4.90 Å². The molecule has 0 aromatic heterocycles. The summed E-state index contributed by atoms with van der Waals surface area (Å²) in [6.45, 7) is 0. The number of nitrogens with zero attached hydrogens (tertiary/aromatic N) is 2. The lowest BCUT2D eigenvalue weighted by Gasteiger charge is -2.01. The molecule has 0 aliphatic heterocycles. The predicted octanol–water partition coefficient (Wildman–Crippen LogP) is 3.76. The minimum atomic E-state index is -0.439. The van der Waals surface area contributed by atoms with Crippen molar-refractivity contribution in [1.82, 2.24) is 0 Å². The number of thioether (sulfide) groups is 1. The monoisotopic (exact) mass is 287 g/mol.